The highest BCUT2D eigenvalue weighted by molar-refractivity contribution is 5.64. The Labute approximate surface area is 146 Å². The predicted octanol–water partition coefficient (Wildman–Crippen LogP) is 6.38. The van der Waals surface area contributed by atoms with Gasteiger partial charge in [-0.3, -0.25) is 0 Å². The van der Waals surface area contributed by atoms with Crippen molar-refractivity contribution in [2.24, 2.45) is 5.92 Å². The zero-order valence-electron chi connectivity index (χ0n) is 14.1. The minimum Gasteiger partial charge on any atom is -0.388 e. The highest BCUT2D eigenvalue weighted by atomic mass is 19.4. The van der Waals surface area contributed by atoms with Gasteiger partial charge in [0.15, 0.2) is 0 Å². The van der Waals surface area contributed by atoms with Crippen LogP contribution in [0.3, 0.4) is 0 Å². The van der Waals surface area contributed by atoms with Gasteiger partial charge >= 0.3 is 6.18 Å². The number of aliphatic hydroxyl groups is 1. The Morgan fingerprint density at radius 2 is 1.60 bits per heavy atom. The lowest BCUT2D eigenvalue weighted by molar-refractivity contribution is -0.137. The van der Waals surface area contributed by atoms with Crippen LogP contribution >= 0.6 is 0 Å². The van der Waals surface area contributed by atoms with Crippen LogP contribution in [0, 0.1) is 5.92 Å². The fraction of sp³-hybridized carbons (Fsp3) is 0.429. The Kier molecular flexibility index (Phi) is 5.48. The lowest BCUT2D eigenvalue weighted by Crippen LogP contribution is -2.11. The quantitative estimate of drug-likeness (QED) is 0.680. The van der Waals surface area contributed by atoms with Gasteiger partial charge in [0.1, 0.15) is 0 Å². The van der Waals surface area contributed by atoms with E-state index in [0.29, 0.717) is 11.5 Å². The van der Waals surface area contributed by atoms with E-state index in [1.165, 1.54) is 38.2 Å². The molecule has 0 spiro atoms. The van der Waals surface area contributed by atoms with Gasteiger partial charge in [0.05, 0.1) is 11.7 Å². The molecular weight excluding hydrogens is 325 g/mol. The maximum atomic E-state index is 12.8. The number of hydrogen-bond acceptors (Lipinski definition) is 1. The summed E-state index contributed by atoms with van der Waals surface area (Å²) in [7, 11) is 0. The molecule has 1 N–H and O–H groups in total. The molecule has 134 valence electrons. The summed E-state index contributed by atoms with van der Waals surface area (Å²) in [5, 5.41) is 10.4. The van der Waals surface area contributed by atoms with Crippen LogP contribution in [0.1, 0.15) is 55.8 Å². The number of rotatable bonds is 4. The van der Waals surface area contributed by atoms with Gasteiger partial charge in [0, 0.05) is 0 Å². The average Bonchev–Trinajstić information content (AvgIpc) is 2.62. The highest BCUT2D eigenvalue weighted by Gasteiger charge is 2.30. The van der Waals surface area contributed by atoms with Gasteiger partial charge in [-0.2, -0.15) is 13.2 Å². The average molecular weight is 348 g/mol. The molecule has 4 heteroatoms. The summed E-state index contributed by atoms with van der Waals surface area (Å²) in [5.41, 5.74) is 1.44. The number of benzene rings is 2. The molecule has 0 heterocycles. The van der Waals surface area contributed by atoms with E-state index in [4.69, 9.17) is 0 Å². The molecule has 0 saturated heterocycles. The van der Waals surface area contributed by atoms with Crippen LogP contribution in [0.5, 0.6) is 0 Å². The van der Waals surface area contributed by atoms with Gasteiger partial charge < -0.3 is 5.11 Å². The van der Waals surface area contributed by atoms with E-state index in [0.717, 1.165) is 29.7 Å². The van der Waals surface area contributed by atoms with Crippen LogP contribution in [-0.4, -0.2) is 5.11 Å². The van der Waals surface area contributed by atoms with E-state index >= 15 is 0 Å². The Balaban J connectivity index is 1.71. The molecule has 2 aromatic carbocycles. The fourth-order valence-electron chi connectivity index (χ4n) is 3.65. The third kappa shape index (κ3) is 4.63. The number of aliphatic hydroxyl groups excluding tert-OH is 1. The number of hydrogen-bond donors (Lipinski definition) is 1. The summed E-state index contributed by atoms with van der Waals surface area (Å²) in [5.74, 6) is 0.576. The maximum Gasteiger partial charge on any atom is 0.416 e. The van der Waals surface area contributed by atoms with Gasteiger partial charge in [-0.25, -0.2) is 0 Å². The van der Waals surface area contributed by atoms with Gasteiger partial charge in [-0.15, -0.1) is 0 Å². The van der Waals surface area contributed by atoms with E-state index in [1.54, 1.807) is 18.2 Å². The monoisotopic (exact) mass is 348 g/mol. The van der Waals surface area contributed by atoms with Crippen molar-refractivity contribution in [2.45, 2.75) is 50.8 Å². The second kappa shape index (κ2) is 7.61. The van der Waals surface area contributed by atoms with Crippen molar-refractivity contribution in [2.75, 3.05) is 0 Å². The van der Waals surface area contributed by atoms with E-state index in [-0.39, 0.29) is 0 Å². The molecule has 1 nitrogen and oxygen atoms in total. The third-order valence-corrected chi connectivity index (χ3v) is 5.10. The summed E-state index contributed by atoms with van der Waals surface area (Å²) < 4.78 is 38.5. The fourth-order valence-corrected chi connectivity index (χ4v) is 3.65. The van der Waals surface area contributed by atoms with Crippen molar-refractivity contribution < 1.29 is 18.3 Å². The standard InChI is InChI=1S/C21H23F3O/c22-21(23,24)19-8-4-7-18(14-19)16-9-11-17(12-10-16)20(25)13-15-5-2-1-3-6-15/h4,7-12,14-15,20,25H,1-3,5-6,13H2. The molecule has 1 atom stereocenters. The molecule has 1 unspecified atom stereocenters. The van der Waals surface area contributed by atoms with Crippen LogP contribution in [0.4, 0.5) is 13.2 Å². The number of alkyl halides is 3. The second-order valence-corrected chi connectivity index (χ2v) is 6.96. The van der Waals surface area contributed by atoms with E-state index in [9.17, 15) is 18.3 Å². The molecule has 1 aliphatic carbocycles. The Bertz CT molecular complexity index is 685. The molecule has 25 heavy (non-hydrogen) atoms. The number of halogens is 3. The lowest BCUT2D eigenvalue weighted by Gasteiger charge is -2.24. The molecule has 3 rings (SSSR count). The van der Waals surface area contributed by atoms with Gasteiger partial charge in [-0.1, -0.05) is 68.5 Å². The maximum absolute atomic E-state index is 12.8. The summed E-state index contributed by atoms with van der Waals surface area (Å²) in [6.07, 6.45) is 2.06. The molecule has 0 aromatic heterocycles. The van der Waals surface area contributed by atoms with Crippen molar-refractivity contribution in [3.63, 3.8) is 0 Å². The zero-order chi connectivity index (χ0) is 17.9. The van der Waals surface area contributed by atoms with E-state index < -0.39 is 17.8 Å². The molecule has 1 saturated carbocycles. The largest absolute Gasteiger partial charge is 0.416 e. The van der Waals surface area contributed by atoms with Crippen molar-refractivity contribution >= 4 is 0 Å². The highest BCUT2D eigenvalue weighted by Crippen LogP contribution is 2.34. The van der Waals surface area contributed by atoms with Gasteiger partial charge in [-0.05, 0) is 41.2 Å². The Morgan fingerprint density at radius 1 is 0.920 bits per heavy atom. The van der Waals surface area contributed by atoms with Crippen LogP contribution in [-0.2, 0) is 6.18 Å². The van der Waals surface area contributed by atoms with Gasteiger partial charge in [0.25, 0.3) is 0 Å². The summed E-state index contributed by atoms with van der Waals surface area (Å²) in [6.45, 7) is 0. The normalized spacial score (nSPS) is 17.4. The minimum atomic E-state index is -4.34. The van der Waals surface area contributed by atoms with Crippen molar-refractivity contribution in [1.82, 2.24) is 0 Å². The third-order valence-electron chi connectivity index (χ3n) is 5.10. The zero-order valence-corrected chi connectivity index (χ0v) is 14.1. The van der Waals surface area contributed by atoms with Crippen LogP contribution in [0.15, 0.2) is 48.5 Å². The first-order valence-electron chi connectivity index (χ1n) is 8.89. The molecule has 0 radical (unpaired) electrons. The first kappa shape index (κ1) is 18.0. The summed E-state index contributed by atoms with van der Waals surface area (Å²) in [4.78, 5) is 0. The lowest BCUT2D eigenvalue weighted by atomic mass is 9.84. The first-order chi connectivity index (χ1) is 11.9. The molecule has 0 bridgehead atoms. The van der Waals surface area contributed by atoms with Crippen molar-refractivity contribution in [3.05, 3.63) is 59.7 Å². The second-order valence-electron chi connectivity index (χ2n) is 6.96. The Hall–Kier alpha value is -1.81. The molecule has 0 amide bonds. The van der Waals surface area contributed by atoms with Crippen LogP contribution in [0.25, 0.3) is 11.1 Å². The molecule has 2 aromatic rings. The van der Waals surface area contributed by atoms with Crippen LogP contribution in [0.2, 0.25) is 0 Å². The first-order valence-corrected chi connectivity index (χ1v) is 8.89. The Morgan fingerprint density at radius 3 is 2.24 bits per heavy atom. The molecule has 0 aliphatic heterocycles. The SMILES string of the molecule is OC(CC1CCCCC1)c1ccc(-c2cccc(C(F)(F)F)c2)cc1. The van der Waals surface area contributed by atoms with Gasteiger partial charge in [0.2, 0.25) is 0 Å². The van der Waals surface area contributed by atoms with E-state index in [1.807, 2.05) is 12.1 Å². The van der Waals surface area contributed by atoms with E-state index in [2.05, 4.69) is 0 Å². The smallest absolute Gasteiger partial charge is 0.388 e. The minimum absolute atomic E-state index is 0.501. The molecule has 1 fully saturated rings. The predicted molar refractivity (Wildman–Crippen MR) is 93.0 cm³/mol. The van der Waals surface area contributed by atoms with Crippen LogP contribution < -0.4 is 0 Å². The summed E-state index contributed by atoms with van der Waals surface area (Å²) in [6, 6.07) is 12.5. The van der Waals surface area contributed by atoms with Crippen molar-refractivity contribution in [3.8, 4) is 11.1 Å². The molecular formula is C21H23F3O. The summed E-state index contributed by atoms with van der Waals surface area (Å²) >= 11 is 0. The van der Waals surface area contributed by atoms with Crippen molar-refractivity contribution in [1.29, 1.82) is 0 Å². The molecule has 1 aliphatic rings. The topological polar surface area (TPSA) is 20.2 Å².